The number of unbranched alkanes of at least 4 members (excludes halogenated alkanes) is 3. The van der Waals surface area contributed by atoms with E-state index in [0.29, 0.717) is 5.41 Å². The Morgan fingerprint density at radius 3 is 2.56 bits per heavy atom. The maximum absolute atomic E-state index is 2.44. The van der Waals surface area contributed by atoms with E-state index in [1.807, 2.05) is 0 Å². The van der Waals surface area contributed by atoms with Gasteiger partial charge in [-0.15, -0.1) is 0 Å². The lowest BCUT2D eigenvalue weighted by Crippen LogP contribution is -2.03. The number of benzene rings is 1. The molecule has 1 aromatic carbocycles. The van der Waals surface area contributed by atoms with Crippen molar-refractivity contribution in [3.63, 3.8) is 0 Å². The maximum Gasteiger partial charge on any atom is -0.00438 e. The standard InChI is InChI=1S/C16H24/c1-3-4-5-7-12-15-13-16(15,2)14-10-8-6-9-11-14/h6,8-11,15H,3-5,7,12-13H2,1-2H3/t15-,16+/m1/s1. The SMILES string of the molecule is CCCCCC[C@@H]1C[C@@]1(C)c1ccccc1. The predicted molar refractivity (Wildman–Crippen MR) is 70.7 cm³/mol. The lowest BCUT2D eigenvalue weighted by molar-refractivity contribution is 0.551. The molecule has 1 aliphatic rings. The van der Waals surface area contributed by atoms with E-state index in [1.54, 1.807) is 5.56 Å². The van der Waals surface area contributed by atoms with Crippen molar-refractivity contribution < 1.29 is 0 Å². The van der Waals surface area contributed by atoms with E-state index in [0.717, 1.165) is 5.92 Å². The highest BCUT2D eigenvalue weighted by atomic mass is 14.5. The van der Waals surface area contributed by atoms with E-state index >= 15 is 0 Å². The average Bonchev–Trinajstić information content (AvgIpc) is 2.99. The Labute approximate surface area is 100 Å². The minimum atomic E-state index is 0.507. The van der Waals surface area contributed by atoms with Crippen LogP contribution in [0.25, 0.3) is 0 Å². The van der Waals surface area contributed by atoms with Gasteiger partial charge in [-0.1, -0.05) is 69.9 Å². The third-order valence-corrected chi connectivity index (χ3v) is 4.25. The van der Waals surface area contributed by atoms with Gasteiger partial charge < -0.3 is 0 Å². The number of rotatable bonds is 6. The van der Waals surface area contributed by atoms with Gasteiger partial charge in [0.25, 0.3) is 0 Å². The summed E-state index contributed by atoms with van der Waals surface area (Å²) in [5.74, 6) is 0.951. The first-order valence-corrected chi connectivity index (χ1v) is 6.83. The van der Waals surface area contributed by atoms with E-state index in [-0.39, 0.29) is 0 Å². The summed E-state index contributed by atoms with van der Waals surface area (Å²) in [7, 11) is 0. The molecule has 0 spiro atoms. The maximum atomic E-state index is 2.44. The zero-order valence-electron chi connectivity index (χ0n) is 10.7. The van der Waals surface area contributed by atoms with Crippen LogP contribution in [0.15, 0.2) is 30.3 Å². The van der Waals surface area contributed by atoms with Crippen molar-refractivity contribution in [2.24, 2.45) is 5.92 Å². The van der Waals surface area contributed by atoms with Gasteiger partial charge in [-0.3, -0.25) is 0 Å². The van der Waals surface area contributed by atoms with Crippen molar-refractivity contribution in [3.05, 3.63) is 35.9 Å². The fourth-order valence-corrected chi connectivity index (χ4v) is 2.86. The summed E-state index contributed by atoms with van der Waals surface area (Å²) in [5, 5.41) is 0. The van der Waals surface area contributed by atoms with Crippen LogP contribution in [-0.4, -0.2) is 0 Å². The number of hydrogen-bond donors (Lipinski definition) is 0. The van der Waals surface area contributed by atoms with Crippen LogP contribution in [0.3, 0.4) is 0 Å². The largest absolute Gasteiger partial charge is 0.0654 e. The number of hydrogen-bond acceptors (Lipinski definition) is 0. The summed E-state index contributed by atoms with van der Waals surface area (Å²) >= 11 is 0. The lowest BCUT2D eigenvalue weighted by atomic mass is 9.93. The summed E-state index contributed by atoms with van der Waals surface area (Å²) < 4.78 is 0. The van der Waals surface area contributed by atoms with Crippen LogP contribution in [0.1, 0.15) is 57.9 Å². The normalized spacial score (nSPS) is 28.0. The summed E-state index contributed by atoms with van der Waals surface area (Å²) in [6.45, 7) is 4.72. The molecule has 0 heterocycles. The average molecular weight is 216 g/mol. The molecule has 1 saturated carbocycles. The van der Waals surface area contributed by atoms with Gasteiger partial charge >= 0.3 is 0 Å². The molecular formula is C16H24. The molecule has 1 aliphatic carbocycles. The van der Waals surface area contributed by atoms with Crippen LogP contribution in [0.4, 0.5) is 0 Å². The Morgan fingerprint density at radius 2 is 1.88 bits per heavy atom. The summed E-state index contributed by atoms with van der Waals surface area (Å²) in [6.07, 6.45) is 8.46. The molecule has 0 aliphatic heterocycles. The summed E-state index contributed by atoms with van der Waals surface area (Å²) in [5.41, 5.74) is 2.06. The minimum absolute atomic E-state index is 0.507. The van der Waals surface area contributed by atoms with Crippen LogP contribution in [-0.2, 0) is 5.41 Å². The molecule has 2 rings (SSSR count). The molecule has 16 heavy (non-hydrogen) atoms. The van der Waals surface area contributed by atoms with Crippen LogP contribution >= 0.6 is 0 Å². The van der Waals surface area contributed by atoms with Gasteiger partial charge in [0.1, 0.15) is 0 Å². The molecule has 0 aromatic heterocycles. The monoisotopic (exact) mass is 216 g/mol. The highest BCUT2D eigenvalue weighted by molar-refractivity contribution is 5.32. The lowest BCUT2D eigenvalue weighted by Gasteiger charge is -2.11. The second-order valence-electron chi connectivity index (χ2n) is 5.53. The molecule has 0 amide bonds. The van der Waals surface area contributed by atoms with Gasteiger partial charge in [0.15, 0.2) is 0 Å². The van der Waals surface area contributed by atoms with Crippen molar-refractivity contribution in [1.82, 2.24) is 0 Å². The fraction of sp³-hybridized carbons (Fsp3) is 0.625. The third-order valence-electron chi connectivity index (χ3n) is 4.25. The van der Waals surface area contributed by atoms with E-state index in [2.05, 4.69) is 44.2 Å². The zero-order valence-corrected chi connectivity index (χ0v) is 10.7. The molecule has 0 saturated heterocycles. The molecule has 0 N–H and O–H groups in total. The van der Waals surface area contributed by atoms with Gasteiger partial charge in [0.2, 0.25) is 0 Å². The zero-order chi connectivity index (χ0) is 11.4. The molecule has 88 valence electrons. The van der Waals surface area contributed by atoms with E-state index < -0.39 is 0 Å². The second-order valence-corrected chi connectivity index (χ2v) is 5.53. The van der Waals surface area contributed by atoms with Crippen molar-refractivity contribution in [2.45, 2.75) is 57.8 Å². The first kappa shape index (κ1) is 11.7. The van der Waals surface area contributed by atoms with E-state index in [1.165, 1.54) is 38.5 Å². The molecular weight excluding hydrogens is 192 g/mol. The smallest absolute Gasteiger partial charge is 0.00438 e. The highest BCUT2D eigenvalue weighted by Gasteiger charge is 2.49. The van der Waals surface area contributed by atoms with Crippen LogP contribution in [0, 0.1) is 5.92 Å². The highest BCUT2D eigenvalue weighted by Crippen LogP contribution is 2.56. The Morgan fingerprint density at radius 1 is 1.12 bits per heavy atom. The topological polar surface area (TPSA) is 0 Å². The minimum Gasteiger partial charge on any atom is -0.0654 e. The summed E-state index contributed by atoms with van der Waals surface area (Å²) in [6, 6.07) is 11.1. The Hall–Kier alpha value is -0.780. The Balaban J connectivity index is 1.80. The molecule has 1 aromatic rings. The quantitative estimate of drug-likeness (QED) is 0.591. The molecule has 1 fully saturated rings. The van der Waals surface area contributed by atoms with Crippen molar-refractivity contribution >= 4 is 0 Å². The van der Waals surface area contributed by atoms with E-state index in [9.17, 15) is 0 Å². The molecule has 0 bridgehead atoms. The van der Waals surface area contributed by atoms with Gasteiger partial charge in [-0.2, -0.15) is 0 Å². The van der Waals surface area contributed by atoms with Crippen LogP contribution in [0.2, 0.25) is 0 Å². The Bertz CT molecular complexity index is 314. The fourth-order valence-electron chi connectivity index (χ4n) is 2.86. The molecule has 0 heteroatoms. The molecule has 0 radical (unpaired) electrons. The second kappa shape index (κ2) is 5.03. The molecule has 0 unspecified atom stereocenters. The van der Waals surface area contributed by atoms with Crippen molar-refractivity contribution in [1.29, 1.82) is 0 Å². The predicted octanol–water partition coefficient (Wildman–Crippen LogP) is 4.93. The molecule has 0 nitrogen and oxygen atoms in total. The van der Waals surface area contributed by atoms with Gasteiger partial charge in [0, 0.05) is 0 Å². The first-order chi connectivity index (χ1) is 7.77. The van der Waals surface area contributed by atoms with Crippen LogP contribution < -0.4 is 0 Å². The molecule has 2 atom stereocenters. The first-order valence-electron chi connectivity index (χ1n) is 6.83. The van der Waals surface area contributed by atoms with Crippen LogP contribution in [0.5, 0.6) is 0 Å². The van der Waals surface area contributed by atoms with Gasteiger partial charge in [-0.25, -0.2) is 0 Å². The third kappa shape index (κ3) is 2.48. The van der Waals surface area contributed by atoms with Crippen molar-refractivity contribution in [3.8, 4) is 0 Å². The van der Waals surface area contributed by atoms with Gasteiger partial charge in [0.05, 0.1) is 0 Å². The van der Waals surface area contributed by atoms with Crippen molar-refractivity contribution in [2.75, 3.05) is 0 Å². The van der Waals surface area contributed by atoms with E-state index in [4.69, 9.17) is 0 Å². The Kier molecular flexibility index (Phi) is 3.68. The summed E-state index contributed by atoms with van der Waals surface area (Å²) in [4.78, 5) is 0. The van der Waals surface area contributed by atoms with Gasteiger partial charge in [-0.05, 0) is 29.7 Å².